The molecule has 0 heterocycles. The summed E-state index contributed by atoms with van der Waals surface area (Å²) in [6, 6.07) is 14.0. The Hall–Kier alpha value is -2.05. The van der Waals surface area contributed by atoms with Crippen molar-refractivity contribution in [3.05, 3.63) is 53.6 Å². The van der Waals surface area contributed by atoms with Crippen LogP contribution in [0.15, 0.2) is 52.5 Å². The van der Waals surface area contributed by atoms with Crippen LogP contribution in [0.5, 0.6) is 5.75 Å². The smallest absolute Gasteiger partial charge is 0.191 e. The quantitative estimate of drug-likeness (QED) is 0.370. The fourth-order valence-corrected chi connectivity index (χ4v) is 2.50. The first-order valence-corrected chi connectivity index (χ1v) is 8.64. The minimum absolute atomic E-state index is 0.408. The van der Waals surface area contributed by atoms with Gasteiger partial charge in [-0.05, 0) is 60.8 Å². The third-order valence-corrected chi connectivity index (χ3v) is 4.04. The van der Waals surface area contributed by atoms with E-state index in [9.17, 15) is 0 Å². The number of hydrogen-bond acceptors (Lipinski definition) is 4. The van der Waals surface area contributed by atoms with E-state index in [0.717, 1.165) is 22.6 Å². The van der Waals surface area contributed by atoms with Gasteiger partial charge in [-0.1, -0.05) is 18.2 Å². The number of methoxy groups -OCH3 is 1. The Bertz CT molecular complexity index is 699. The van der Waals surface area contributed by atoms with Crippen molar-refractivity contribution in [3.63, 3.8) is 0 Å². The van der Waals surface area contributed by atoms with Crippen molar-refractivity contribution in [2.45, 2.75) is 11.8 Å². The number of ether oxygens (including phenoxy) is 1. The van der Waals surface area contributed by atoms with Gasteiger partial charge in [-0.25, -0.2) is 0 Å². The van der Waals surface area contributed by atoms with Crippen LogP contribution in [0.1, 0.15) is 11.1 Å². The minimum Gasteiger partial charge on any atom is -0.495 e. The van der Waals surface area contributed by atoms with E-state index in [1.165, 1.54) is 4.90 Å². The third kappa shape index (κ3) is 5.26. The average Bonchev–Trinajstić information content (AvgIpc) is 2.56. The van der Waals surface area contributed by atoms with Gasteiger partial charge in [0.15, 0.2) is 5.11 Å². The van der Waals surface area contributed by atoms with Gasteiger partial charge < -0.3 is 10.1 Å². The molecule has 23 heavy (non-hydrogen) atoms. The summed E-state index contributed by atoms with van der Waals surface area (Å²) in [5.41, 5.74) is 5.74. The summed E-state index contributed by atoms with van der Waals surface area (Å²) >= 11 is 6.96. The van der Waals surface area contributed by atoms with Gasteiger partial charge in [0.2, 0.25) is 0 Å². The first kappa shape index (κ1) is 17.3. The number of rotatable bonds is 5. The highest BCUT2D eigenvalue weighted by Gasteiger charge is 2.04. The van der Waals surface area contributed by atoms with Crippen molar-refractivity contribution >= 4 is 41.0 Å². The highest BCUT2D eigenvalue weighted by atomic mass is 32.2. The Balaban J connectivity index is 1.94. The molecule has 0 unspecified atom stereocenters. The summed E-state index contributed by atoms with van der Waals surface area (Å²) < 4.78 is 5.31. The van der Waals surface area contributed by atoms with Crippen molar-refractivity contribution < 1.29 is 4.74 Å². The number of benzene rings is 2. The lowest BCUT2D eigenvalue weighted by Crippen LogP contribution is -2.24. The van der Waals surface area contributed by atoms with Crippen LogP contribution < -0.4 is 15.5 Å². The number of thiocarbonyl (C=S) groups is 1. The normalized spacial score (nSPS) is 10.6. The van der Waals surface area contributed by atoms with Crippen molar-refractivity contribution in [1.29, 1.82) is 0 Å². The second-order valence-electron chi connectivity index (χ2n) is 4.80. The van der Waals surface area contributed by atoms with E-state index in [0.29, 0.717) is 5.11 Å². The summed E-state index contributed by atoms with van der Waals surface area (Å²) in [6.45, 7) is 2.01. The molecule has 120 valence electrons. The maximum Gasteiger partial charge on any atom is 0.191 e. The lowest BCUT2D eigenvalue weighted by Gasteiger charge is -2.12. The molecule has 0 aliphatic heterocycles. The number of aryl methyl sites for hydroxylation is 1. The molecule has 0 spiro atoms. The topological polar surface area (TPSA) is 45.6 Å². The lowest BCUT2D eigenvalue weighted by molar-refractivity contribution is 0.417. The molecular formula is C17H19N3OS2. The zero-order valence-electron chi connectivity index (χ0n) is 13.3. The van der Waals surface area contributed by atoms with Gasteiger partial charge in [0, 0.05) is 4.90 Å². The molecule has 6 heteroatoms. The molecule has 2 N–H and O–H groups in total. The number of hydrogen-bond donors (Lipinski definition) is 2. The van der Waals surface area contributed by atoms with Crippen LogP contribution in [0.2, 0.25) is 0 Å². The Morgan fingerprint density at radius 1 is 1.22 bits per heavy atom. The fourth-order valence-electron chi connectivity index (χ4n) is 1.93. The summed E-state index contributed by atoms with van der Waals surface area (Å²) in [6.07, 6.45) is 3.78. The van der Waals surface area contributed by atoms with E-state index < -0.39 is 0 Å². The maximum absolute atomic E-state index is 5.31. The summed E-state index contributed by atoms with van der Waals surface area (Å²) in [5, 5.41) is 7.64. The van der Waals surface area contributed by atoms with Crippen LogP contribution in [0.3, 0.4) is 0 Å². The predicted octanol–water partition coefficient (Wildman–Crippen LogP) is 4.05. The van der Waals surface area contributed by atoms with Crippen LogP contribution in [0, 0.1) is 6.92 Å². The largest absolute Gasteiger partial charge is 0.495 e. The summed E-state index contributed by atoms with van der Waals surface area (Å²) in [4.78, 5) is 1.22. The highest BCUT2D eigenvalue weighted by molar-refractivity contribution is 7.98. The van der Waals surface area contributed by atoms with Gasteiger partial charge in [0.25, 0.3) is 0 Å². The Kier molecular flexibility index (Phi) is 6.43. The monoisotopic (exact) mass is 345 g/mol. The first-order valence-electron chi connectivity index (χ1n) is 7.01. The number of nitrogens with zero attached hydrogens (tertiary/aromatic N) is 1. The first-order chi connectivity index (χ1) is 11.1. The number of thioether (sulfide) groups is 1. The molecule has 2 aromatic rings. The van der Waals surface area contributed by atoms with Crippen molar-refractivity contribution in [1.82, 2.24) is 5.43 Å². The Labute approximate surface area is 146 Å². The van der Waals surface area contributed by atoms with Crippen LogP contribution >= 0.6 is 24.0 Å². The van der Waals surface area contributed by atoms with Gasteiger partial charge in [-0.3, -0.25) is 5.43 Å². The molecule has 0 saturated heterocycles. The van der Waals surface area contributed by atoms with E-state index in [1.54, 1.807) is 25.1 Å². The standard InChI is InChI=1S/C17H19N3OS2/c1-12-4-9-16(21-2)15(10-12)19-17(22)20-18-11-13-5-7-14(23-3)8-6-13/h4-11H,1-3H3,(H2,19,20,22). The minimum atomic E-state index is 0.408. The van der Waals surface area contributed by atoms with Gasteiger partial charge in [-0.2, -0.15) is 5.10 Å². The van der Waals surface area contributed by atoms with E-state index in [-0.39, 0.29) is 0 Å². The molecule has 0 aliphatic carbocycles. The predicted molar refractivity (Wildman–Crippen MR) is 103 cm³/mol. The highest BCUT2D eigenvalue weighted by Crippen LogP contribution is 2.24. The summed E-state index contributed by atoms with van der Waals surface area (Å²) in [7, 11) is 1.63. The molecule has 0 fully saturated rings. The number of nitrogens with one attached hydrogen (secondary N) is 2. The van der Waals surface area contributed by atoms with E-state index in [1.807, 2.05) is 43.5 Å². The molecule has 0 radical (unpaired) electrons. The van der Waals surface area contributed by atoms with E-state index >= 15 is 0 Å². The summed E-state index contributed by atoms with van der Waals surface area (Å²) in [5.74, 6) is 0.733. The molecule has 0 amide bonds. The number of anilines is 1. The fraction of sp³-hybridized carbons (Fsp3) is 0.176. The molecule has 2 aromatic carbocycles. The van der Waals surface area contributed by atoms with Gasteiger partial charge in [-0.15, -0.1) is 11.8 Å². The van der Waals surface area contributed by atoms with Crippen LogP contribution in [-0.4, -0.2) is 24.7 Å². The second-order valence-corrected chi connectivity index (χ2v) is 6.09. The zero-order chi connectivity index (χ0) is 16.7. The average molecular weight is 345 g/mol. The molecule has 0 saturated carbocycles. The molecule has 4 nitrogen and oxygen atoms in total. The van der Waals surface area contributed by atoms with Gasteiger partial charge in [0.05, 0.1) is 19.0 Å². The van der Waals surface area contributed by atoms with E-state index in [4.69, 9.17) is 17.0 Å². The maximum atomic E-state index is 5.31. The molecule has 0 aromatic heterocycles. The Morgan fingerprint density at radius 3 is 2.61 bits per heavy atom. The van der Waals surface area contributed by atoms with E-state index in [2.05, 4.69) is 28.0 Å². The van der Waals surface area contributed by atoms with Crippen molar-refractivity contribution in [2.24, 2.45) is 5.10 Å². The zero-order valence-corrected chi connectivity index (χ0v) is 14.9. The second kappa shape index (κ2) is 8.55. The molecule has 2 rings (SSSR count). The molecule has 0 atom stereocenters. The van der Waals surface area contributed by atoms with Crippen LogP contribution in [0.25, 0.3) is 0 Å². The van der Waals surface area contributed by atoms with Crippen molar-refractivity contribution in [2.75, 3.05) is 18.7 Å². The van der Waals surface area contributed by atoms with Gasteiger partial charge in [0.1, 0.15) is 5.75 Å². The Morgan fingerprint density at radius 2 is 1.96 bits per heavy atom. The molecular weight excluding hydrogens is 326 g/mol. The lowest BCUT2D eigenvalue weighted by atomic mass is 10.2. The van der Waals surface area contributed by atoms with Gasteiger partial charge >= 0.3 is 0 Å². The van der Waals surface area contributed by atoms with Crippen LogP contribution in [0.4, 0.5) is 5.69 Å². The van der Waals surface area contributed by atoms with Crippen molar-refractivity contribution in [3.8, 4) is 5.75 Å². The third-order valence-electron chi connectivity index (χ3n) is 3.10. The SMILES string of the molecule is COc1ccc(C)cc1NC(=S)NN=Cc1ccc(SC)cc1. The molecule has 0 aliphatic rings. The van der Waals surface area contributed by atoms with Crippen LogP contribution in [-0.2, 0) is 0 Å². The number of hydrazone groups is 1. The molecule has 0 bridgehead atoms.